The van der Waals surface area contributed by atoms with E-state index in [0.29, 0.717) is 12.6 Å². The number of halogens is 2. The molecule has 0 atom stereocenters. The number of fused-ring (bicyclic) bond motifs is 1. The molecule has 43 heavy (non-hydrogen) atoms. The Labute approximate surface area is 258 Å². The van der Waals surface area contributed by atoms with Crippen LogP contribution in [0.2, 0.25) is 5.02 Å². The van der Waals surface area contributed by atoms with Gasteiger partial charge in [0.15, 0.2) is 0 Å². The Balaban J connectivity index is 1.43. The minimum absolute atomic E-state index is 0.0180. The smallest absolute Gasteiger partial charge is 0.258 e. The van der Waals surface area contributed by atoms with Gasteiger partial charge in [-0.1, -0.05) is 24.1 Å². The summed E-state index contributed by atoms with van der Waals surface area (Å²) in [6.07, 6.45) is 14.6. The molecule has 1 aromatic heterocycles. The number of carbonyl (C=O) groups is 2. The fourth-order valence-corrected chi connectivity index (χ4v) is 6.51. The molecular weight excluding hydrogens is 569 g/mol. The van der Waals surface area contributed by atoms with Crippen molar-refractivity contribution in [1.82, 2.24) is 19.8 Å². The quantitative estimate of drug-likeness (QED) is 0.420. The molecule has 2 fully saturated rings. The summed E-state index contributed by atoms with van der Waals surface area (Å²) in [5.41, 5.74) is 0.121. The van der Waals surface area contributed by atoms with Gasteiger partial charge in [0.05, 0.1) is 10.7 Å². The van der Waals surface area contributed by atoms with Gasteiger partial charge < -0.3 is 14.6 Å². The zero-order valence-electron chi connectivity index (χ0n) is 25.2. The summed E-state index contributed by atoms with van der Waals surface area (Å²) >= 11 is 6.04. The van der Waals surface area contributed by atoms with E-state index < -0.39 is 11.7 Å². The van der Waals surface area contributed by atoms with Gasteiger partial charge in [0.25, 0.3) is 5.91 Å². The third kappa shape index (κ3) is 8.26. The summed E-state index contributed by atoms with van der Waals surface area (Å²) in [7, 11) is 0. The first-order valence-corrected chi connectivity index (χ1v) is 16.1. The number of carbonyl (C=O) groups excluding carboxylic acids is 2. The Morgan fingerprint density at radius 2 is 1.81 bits per heavy atom. The van der Waals surface area contributed by atoms with Gasteiger partial charge in [0.2, 0.25) is 11.9 Å². The molecule has 3 aliphatic rings. The lowest BCUT2D eigenvalue weighted by molar-refractivity contribution is -0.126. The molecule has 1 saturated carbocycles. The van der Waals surface area contributed by atoms with Crippen molar-refractivity contribution in [3.8, 4) is 0 Å². The molecule has 1 aromatic carbocycles. The van der Waals surface area contributed by atoms with Crippen LogP contribution in [0.4, 0.5) is 10.3 Å². The first-order chi connectivity index (χ1) is 20.8. The monoisotopic (exact) mass is 611 g/mol. The predicted octanol–water partition coefficient (Wildman–Crippen LogP) is 4.93. The fourth-order valence-electron chi connectivity index (χ4n) is 6.29. The number of aromatic nitrogens is 2. The normalized spacial score (nSPS) is 21.0. The Morgan fingerprint density at radius 1 is 1.07 bits per heavy atom. The van der Waals surface area contributed by atoms with Gasteiger partial charge in [-0.15, -0.1) is 0 Å². The summed E-state index contributed by atoms with van der Waals surface area (Å²) < 4.78 is 22.4. The third-order valence-electron chi connectivity index (χ3n) is 8.44. The SMILES string of the molecule is CC(C)NC(=O)C1CCC(n2c(NC(=O)c3cc(F)cc(Cl)c3)nc3c2=CC(OCCN2CCCCC2)=CCCC=3)CC1. The fraction of sp³-hybridized carbons (Fsp3) is 0.545. The molecule has 1 aliphatic heterocycles. The average Bonchev–Trinajstić information content (AvgIpc) is 3.28. The minimum atomic E-state index is -0.579. The van der Waals surface area contributed by atoms with Gasteiger partial charge >= 0.3 is 0 Å². The summed E-state index contributed by atoms with van der Waals surface area (Å²) in [6.45, 7) is 7.68. The molecule has 2 aromatic rings. The van der Waals surface area contributed by atoms with Crippen molar-refractivity contribution in [2.24, 2.45) is 5.92 Å². The number of hydrogen-bond donors (Lipinski definition) is 2. The Hall–Kier alpha value is -3.17. The number of imidazole rings is 1. The van der Waals surface area contributed by atoms with Crippen molar-refractivity contribution in [1.29, 1.82) is 0 Å². The number of nitrogens with zero attached hydrogens (tertiary/aromatic N) is 3. The van der Waals surface area contributed by atoms with E-state index in [1.165, 1.54) is 31.4 Å². The highest BCUT2D eigenvalue weighted by Gasteiger charge is 2.30. The number of piperidine rings is 1. The van der Waals surface area contributed by atoms with Crippen LogP contribution in [0.25, 0.3) is 12.2 Å². The summed E-state index contributed by atoms with van der Waals surface area (Å²) in [5, 5.41) is 7.78. The van der Waals surface area contributed by atoms with Crippen LogP contribution >= 0.6 is 11.6 Å². The third-order valence-corrected chi connectivity index (χ3v) is 8.66. The Morgan fingerprint density at radius 3 is 2.53 bits per heavy atom. The molecule has 10 heteroatoms. The number of ether oxygens (including phenoxy) is 1. The summed E-state index contributed by atoms with van der Waals surface area (Å²) in [5.74, 6) is 0.182. The van der Waals surface area contributed by atoms with Crippen molar-refractivity contribution >= 4 is 41.5 Å². The van der Waals surface area contributed by atoms with E-state index in [4.69, 9.17) is 21.3 Å². The lowest BCUT2D eigenvalue weighted by atomic mass is 9.85. The average molecular weight is 612 g/mol. The number of likely N-dealkylation sites (tertiary alicyclic amines) is 1. The van der Waals surface area contributed by atoms with E-state index in [1.54, 1.807) is 0 Å². The molecule has 2 amide bonds. The molecular formula is C33H43ClFN5O3. The van der Waals surface area contributed by atoms with E-state index in [9.17, 15) is 14.0 Å². The van der Waals surface area contributed by atoms with Crippen molar-refractivity contribution in [3.05, 3.63) is 57.1 Å². The molecule has 2 N–H and O–H groups in total. The molecule has 5 rings (SSSR count). The van der Waals surface area contributed by atoms with Gasteiger partial charge in [-0.05, 0) is 103 Å². The highest BCUT2D eigenvalue weighted by molar-refractivity contribution is 6.31. The minimum Gasteiger partial charge on any atom is -0.493 e. The highest BCUT2D eigenvalue weighted by Crippen LogP contribution is 2.33. The topological polar surface area (TPSA) is 88.5 Å². The largest absolute Gasteiger partial charge is 0.493 e. The van der Waals surface area contributed by atoms with Crippen molar-refractivity contribution < 1.29 is 18.7 Å². The van der Waals surface area contributed by atoms with E-state index in [0.717, 1.165) is 80.7 Å². The second-order valence-corrected chi connectivity index (χ2v) is 12.6. The van der Waals surface area contributed by atoms with Gasteiger partial charge in [0, 0.05) is 41.2 Å². The van der Waals surface area contributed by atoms with E-state index in [-0.39, 0.29) is 34.5 Å². The van der Waals surface area contributed by atoms with Gasteiger partial charge in [-0.2, -0.15) is 0 Å². The predicted molar refractivity (Wildman–Crippen MR) is 168 cm³/mol. The standard InChI is InChI=1S/C33H43ClFN5O3/c1-22(2)36-31(41)23-10-12-27(13-11-23)40-30-21-28(43-17-16-39-14-6-3-7-15-39)8-4-5-9-29(30)37-33(40)38-32(42)24-18-25(34)20-26(35)19-24/h8-9,18-23,27H,3-7,10-17H2,1-2H3,(H,36,41)(H,37,38,42). The number of benzene rings is 1. The summed E-state index contributed by atoms with van der Waals surface area (Å²) in [6, 6.07) is 3.89. The maximum absolute atomic E-state index is 14.1. The van der Waals surface area contributed by atoms with Crippen LogP contribution in [0.1, 0.15) is 88.0 Å². The van der Waals surface area contributed by atoms with Crippen LogP contribution in [0, 0.1) is 11.7 Å². The van der Waals surface area contributed by atoms with E-state index in [2.05, 4.69) is 32.3 Å². The van der Waals surface area contributed by atoms with Crippen LogP contribution in [0.5, 0.6) is 0 Å². The van der Waals surface area contributed by atoms with Gasteiger partial charge in [-0.3, -0.25) is 19.8 Å². The highest BCUT2D eigenvalue weighted by atomic mass is 35.5. The molecule has 0 spiro atoms. The van der Waals surface area contributed by atoms with Gasteiger partial charge in [-0.25, -0.2) is 9.37 Å². The second-order valence-electron chi connectivity index (χ2n) is 12.1. The van der Waals surface area contributed by atoms with E-state index in [1.807, 2.05) is 19.9 Å². The molecule has 1 saturated heterocycles. The number of rotatable bonds is 9. The number of allylic oxidation sites excluding steroid dienone is 2. The van der Waals surface area contributed by atoms with Crippen molar-refractivity contribution in [2.75, 3.05) is 31.6 Å². The summed E-state index contributed by atoms with van der Waals surface area (Å²) in [4.78, 5) is 33.4. The molecule has 0 unspecified atom stereocenters. The zero-order chi connectivity index (χ0) is 30.3. The maximum atomic E-state index is 14.1. The van der Waals surface area contributed by atoms with Crippen LogP contribution in [0.15, 0.2) is 30.0 Å². The number of amides is 2. The van der Waals surface area contributed by atoms with Crippen molar-refractivity contribution in [3.63, 3.8) is 0 Å². The second kappa shape index (κ2) is 14.5. The Kier molecular flexibility index (Phi) is 10.6. The lowest BCUT2D eigenvalue weighted by Crippen LogP contribution is -2.39. The van der Waals surface area contributed by atoms with Gasteiger partial charge in [0.1, 0.15) is 18.2 Å². The zero-order valence-corrected chi connectivity index (χ0v) is 26.0. The first kappa shape index (κ1) is 31.3. The molecule has 2 aliphatic carbocycles. The number of anilines is 1. The Bertz CT molecular complexity index is 1440. The molecule has 2 heterocycles. The van der Waals surface area contributed by atoms with Crippen molar-refractivity contribution in [2.45, 2.75) is 83.7 Å². The van der Waals surface area contributed by atoms with Crippen LogP contribution in [-0.4, -0.2) is 58.5 Å². The molecule has 0 bridgehead atoms. The van der Waals surface area contributed by atoms with Crippen LogP contribution < -0.4 is 21.3 Å². The molecule has 0 radical (unpaired) electrons. The lowest BCUT2D eigenvalue weighted by Gasteiger charge is -2.30. The van der Waals surface area contributed by atoms with Crippen LogP contribution in [-0.2, 0) is 9.53 Å². The van der Waals surface area contributed by atoms with Crippen LogP contribution in [0.3, 0.4) is 0 Å². The number of hydrogen-bond acceptors (Lipinski definition) is 5. The molecule has 8 nitrogen and oxygen atoms in total. The van der Waals surface area contributed by atoms with E-state index >= 15 is 0 Å². The number of nitrogens with one attached hydrogen (secondary N) is 2. The first-order valence-electron chi connectivity index (χ1n) is 15.7. The molecule has 232 valence electrons. The maximum Gasteiger partial charge on any atom is 0.258 e.